The topological polar surface area (TPSA) is 86.8 Å². The molecule has 3 rings (SSSR count). The molecule has 2 amide bonds. The Kier molecular flexibility index (Phi) is 11.4. The van der Waals surface area contributed by atoms with E-state index in [0.29, 0.717) is 10.7 Å². The zero-order chi connectivity index (χ0) is 30.2. The Balaban J connectivity index is 2.09. The number of nitrogens with one attached hydrogen (secondary N) is 1. The van der Waals surface area contributed by atoms with E-state index in [1.54, 1.807) is 36.4 Å². The van der Waals surface area contributed by atoms with Crippen molar-refractivity contribution in [1.82, 2.24) is 10.2 Å². The van der Waals surface area contributed by atoms with E-state index in [4.69, 9.17) is 11.6 Å². The lowest BCUT2D eigenvalue weighted by molar-refractivity contribution is -0.140. The molecule has 0 radical (unpaired) electrons. The monoisotopic (exact) mass is 597 g/mol. The molecule has 0 aromatic heterocycles. The summed E-state index contributed by atoms with van der Waals surface area (Å²) in [7, 11) is -3.84. The number of anilines is 1. The van der Waals surface area contributed by atoms with Crippen molar-refractivity contribution in [3.63, 3.8) is 0 Å². The Labute approximate surface area is 249 Å². The van der Waals surface area contributed by atoms with Gasteiger partial charge < -0.3 is 10.2 Å². The van der Waals surface area contributed by atoms with Crippen LogP contribution in [0.4, 0.5) is 5.69 Å². The first-order chi connectivity index (χ1) is 19.4. The number of rotatable bonds is 13. The van der Waals surface area contributed by atoms with Gasteiger partial charge in [0.15, 0.2) is 0 Å². The molecule has 7 nitrogen and oxygen atoms in total. The van der Waals surface area contributed by atoms with Crippen molar-refractivity contribution in [1.29, 1.82) is 0 Å². The lowest BCUT2D eigenvalue weighted by Crippen LogP contribution is -2.54. The Bertz CT molecular complexity index is 1410. The van der Waals surface area contributed by atoms with Crippen LogP contribution < -0.4 is 9.62 Å². The van der Waals surface area contributed by atoms with Crippen molar-refractivity contribution < 1.29 is 18.0 Å². The first kappa shape index (κ1) is 32.2. The van der Waals surface area contributed by atoms with Gasteiger partial charge in [0.2, 0.25) is 21.8 Å². The molecule has 0 aliphatic heterocycles. The van der Waals surface area contributed by atoms with Crippen molar-refractivity contribution in [2.45, 2.75) is 65.1 Å². The minimum Gasteiger partial charge on any atom is -0.352 e. The van der Waals surface area contributed by atoms with Crippen molar-refractivity contribution in [3.05, 3.63) is 101 Å². The van der Waals surface area contributed by atoms with E-state index >= 15 is 0 Å². The standard InChI is InChI=1S/C32H40ClN3O4S/c1-6-24(4)34-32(38)30(20-25-12-8-7-9-13-25)35(21-26-16-18-27(33)19-17-26)31(37)22-36(41(5,39)40)29-15-11-10-14-28(29)23(2)3/h7-19,23-24,30H,6,20-22H2,1-5H3,(H,34,38)/t24-,30-/m1/s1. The van der Waals surface area contributed by atoms with Gasteiger partial charge in [0.25, 0.3) is 0 Å². The molecule has 0 unspecified atom stereocenters. The number of benzene rings is 3. The van der Waals surface area contributed by atoms with Crippen LogP contribution in [0.2, 0.25) is 5.02 Å². The largest absolute Gasteiger partial charge is 0.352 e. The number of hydrogen-bond donors (Lipinski definition) is 1. The van der Waals surface area contributed by atoms with Gasteiger partial charge in [-0.15, -0.1) is 0 Å². The molecule has 1 N–H and O–H groups in total. The molecule has 0 fully saturated rings. The van der Waals surface area contributed by atoms with Gasteiger partial charge in [-0.2, -0.15) is 0 Å². The summed E-state index contributed by atoms with van der Waals surface area (Å²) in [4.78, 5) is 29.5. The fraction of sp³-hybridized carbons (Fsp3) is 0.375. The lowest BCUT2D eigenvalue weighted by atomic mass is 10.0. The summed E-state index contributed by atoms with van der Waals surface area (Å²) in [6, 6.07) is 22.8. The van der Waals surface area contributed by atoms with Crippen LogP contribution in [-0.2, 0) is 32.6 Å². The highest BCUT2D eigenvalue weighted by atomic mass is 35.5. The van der Waals surface area contributed by atoms with Gasteiger partial charge in [-0.05, 0) is 54.2 Å². The maximum absolute atomic E-state index is 14.2. The van der Waals surface area contributed by atoms with Crippen LogP contribution in [0.3, 0.4) is 0 Å². The molecule has 0 bridgehead atoms. The molecule has 41 heavy (non-hydrogen) atoms. The van der Waals surface area contributed by atoms with E-state index in [2.05, 4.69) is 5.32 Å². The van der Waals surface area contributed by atoms with E-state index < -0.39 is 28.5 Å². The van der Waals surface area contributed by atoms with Gasteiger partial charge in [0.05, 0.1) is 11.9 Å². The number of carbonyl (C=O) groups is 2. The summed E-state index contributed by atoms with van der Waals surface area (Å²) in [6.45, 7) is 7.50. The van der Waals surface area contributed by atoms with Gasteiger partial charge in [0, 0.05) is 24.0 Å². The van der Waals surface area contributed by atoms with Crippen LogP contribution in [0.5, 0.6) is 0 Å². The smallest absolute Gasteiger partial charge is 0.244 e. The number of carbonyl (C=O) groups excluding carboxylic acids is 2. The molecule has 9 heteroatoms. The minimum absolute atomic E-state index is 0.0304. The molecule has 0 saturated heterocycles. The summed E-state index contributed by atoms with van der Waals surface area (Å²) < 4.78 is 27.3. The zero-order valence-corrected chi connectivity index (χ0v) is 26.0. The first-order valence-corrected chi connectivity index (χ1v) is 16.1. The van der Waals surface area contributed by atoms with Gasteiger partial charge >= 0.3 is 0 Å². The summed E-state index contributed by atoms with van der Waals surface area (Å²) in [5, 5.41) is 3.59. The molecule has 3 aromatic rings. The fourth-order valence-corrected chi connectivity index (χ4v) is 5.57. The van der Waals surface area contributed by atoms with Crippen molar-refractivity contribution in [2.75, 3.05) is 17.1 Å². The lowest BCUT2D eigenvalue weighted by Gasteiger charge is -2.34. The van der Waals surface area contributed by atoms with Gasteiger partial charge in [0.1, 0.15) is 12.6 Å². The van der Waals surface area contributed by atoms with E-state index in [1.807, 2.05) is 70.2 Å². The van der Waals surface area contributed by atoms with Crippen LogP contribution in [0.25, 0.3) is 0 Å². The van der Waals surface area contributed by atoms with Crippen LogP contribution >= 0.6 is 11.6 Å². The third-order valence-corrected chi connectivity index (χ3v) is 8.42. The summed E-state index contributed by atoms with van der Waals surface area (Å²) in [6.07, 6.45) is 2.09. The molecule has 220 valence electrons. The Hall–Kier alpha value is -3.36. The van der Waals surface area contributed by atoms with Crippen LogP contribution in [-0.4, -0.2) is 50.0 Å². The second kappa shape index (κ2) is 14.5. The third-order valence-electron chi connectivity index (χ3n) is 7.04. The summed E-state index contributed by atoms with van der Waals surface area (Å²) in [5.41, 5.74) is 2.92. The highest BCUT2D eigenvalue weighted by Gasteiger charge is 2.34. The predicted molar refractivity (Wildman–Crippen MR) is 167 cm³/mol. The summed E-state index contributed by atoms with van der Waals surface area (Å²) >= 11 is 6.11. The first-order valence-electron chi connectivity index (χ1n) is 13.9. The number of nitrogens with zero attached hydrogens (tertiary/aromatic N) is 2. The normalized spacial score (nSPS) is 13.0. The highest BCUT2D eigenvalue weighted by Crippen LogP contribution is 2.29. The molecule has 0 heterocycles. The van der Waals surface area contributed by atoms with Gasteiger partial charge in [-0.25, -0.2) is 8.42 Å². The maximum atomic E-state index is 14.2. The highest BCUT2D eigenvalue weighted by molar-refractivity contribution is 7.92. The number of halogens is 1. The maximum Gasteiger partial charge on any atom is 0.244 e. The molecular formula is C32H40ClN3O4S. The van der Waals surface area contributed by atoms with Gasteiger partial charge in [-0.1, -0.05) is 93.0 Å². The Morgan fingerprint density at radius 3 is 2.07 bits per heavy atom. The average Bonchev–Trinajstić information content (AvgIpc) is 2.94. The molecular weight excluding hydrogens is 558 g/mol. The van der Waals surface area contributed by atoms with E-state index in [1.165, 1.54) is 4.90 Å². The minimum atomic E-state index is -3.84. The predicted octanol–water partition coefficient (Wildman–Crippen LogP) is 5.78. The van der Waals surface area contributed by atoms with Crippen molar-refractivity contribution >= 4 is 39.1 Å². The van der Waals surface area contributed by atoms with Crippen molar-refractivity contribution in [2.24, 2.45) is 0 Å². The molecule has 0 spiro atoms. The molecule has 0 aliphatic rings. The average molecular weight is 598 g/mol. The van der Waals surface area contributed by atoms with Crippen LogP contribution in [0.15, 0.2) is 78.9 Å². The second-order valence-corrected chi connectivity index (χ2v) is 13.0. The molecule has 0 aliphatic carbocycles. The quantitative estimate of drug-likeness (QED) is 0.270. The molecule has 0 saturated carbocycles. The van der Waals surface area contributed by atoms with Crippen LogP contribution in [0, 0.1) is 0 Å². The van der Waals surface area contributed by atoms with E-state index in [0.717, 1.165) is 33.7 Å². The number of para-hydroxylation sites is 1. The molecule has 3 aromatic carbocycles. The molecule has 2 atom stereocenters. The second-order valence-electron chi connectivity index (χ2n) is 10.7. The number of hydrogen-bond acceptors (Lipinski definition) is 4. The Morgan fingerprint density at radius 1 is 0.878 bits per heavy atom. The zero-order valence-electron chi connectivity index (χ0n) is 24.4. The van der Waals surface area contributed by atoms with Crippen LogP contribution in [0.1, 0.15) is 56.7 Å². The number of sulfonamides is 1. The summed E-state index contributed by atoms with van der Waals surface area (Å²) in [5.74, 6) is -0.744. The SMILES string of the molecule is CC[C@@H](C)NC(=O)[C@@H](Cc1ccccc1)N(Cc1ccc(Cl)cc1)C(=O)CN(c1ccccc1C(C)C)S(C)(=O)=O. The third kappa shape index (κ3) is 9.07. The van der Waals surface area contributed by atoms with Gasteiger partial charge in [-0.3, -0.25) is 13.9 Å². The van der Waals surface area contributed by atoms with Crippen molar-refractivity contribution in [3.8, 4) is 0 Å². The number of amides is 2. The fourth-order valence-electron chi connectivity index (χ4n) is 4.58. The van der Waals surface area contributed by atoms with E-state index in [-0.39, 0.29) is 30.8 Å². The Morgan fingerprint density at radius 2 is 1.49 bits per heavy atom. The van der Waals surface area contributed by atoms with E-state index in [9.17, 15) is 18.0 Å².